The number of rotatable bonds is 2. The molecule has 0 N–H and O–H groups in total. The smallest absolute Gasteiger partial charge is 0.141 e. The first-order valence-electron chi connectivity index (χ1n) is 6.45. The van der Waals surface area contributed by atoms with Gasteiger partial charge in [-0.1, -0.05) is 6.92 Å². The highest BCUT2D eigenvalue weighted by Crippen LogP contribution is 2.33. The minimum Gasteiger partial charge on any atom is -0.352 e. The van der Waals surface area contributed by atoms with Crippen molar-refractivity contribution in [2.75, 3.05) is 18.0 Å². The fourth-order valence-electron chi connectivity index (χ4n) is 2.58. The standard InChI is InChI=1S/C14H18N4/c1-4-5-17-8-10(2)11(3)13-14(17)18-9-15-6-12(18)7-16-13/h6-7,9H,4-5,8H2,1-3H3. The molecule has 1 aliphatic rings. The first-order valence-corrected chi connectivity index (χ1v) is 6.45. The first kappa shape index (κ1) is 11.3. The fourth-order valence-corrected chi connectivity index (χ4v) is 2.58. The van der Waals surface area contributed by atoms with E-state index in [0.29, 0.717) is 0 Å². The van der Waals surface area contributed by atoms with Crippen LogP contribution in [0.4, 0.5) is 5.82 Å². The Labute approximate surface area is 107 Å². The van der Waals surface area contributed by atoms with E-state index in [1.165, 1.54) is 17.0 Å². The maximum atomic E-state index is 4.62. The molecule has 94 valence electrons. The SMILES string of the molecule is CCCN1CC(C)=C(C)c2ncc3cncn3c21. The molecular weight excluding hydrogens is 224 g/mol. The third kappa shape index (κ3) is 1.52. The summed E-state index contributed by atoms with van der Waals surface area (Å²) in [6, 6.07) is 0. The Kier molecular flexibility index (Phi) is 2.58. The highest BCUT2D eigenvalue weighted by Gasteiger charge is 2.23. The van der Waals surface area contributed by atoms with Crippen molar-refractivity contribution in [1.29, 1.82) is 0 Å². The van der Waals surface area contributed by atoms with Crippen molar-refractivity contribution in [3.05, 3.63) is 30.0 Å². The van der Waals surface area contributed by atoms with Gasteiger partial charge in [0.05, 0.1) is 17.9 Å². The molecule has 0 aliphatic carbocycles. The highest BCUT2D eigenvalue weighted by molar-refractivity contribution is 5.78. The Morgan fingerprint density at radius 3 is 2.89 bits per heavy atom. The number of aromatic nitrogens is 3. The number of hydrogen-bond donors (Lipinski definition) is 0. The van der Waals surface area contributed by atoms with Crippen LogP contribution in [-0.2, 0) is 0 Å². The summed E-state index contributed by atoms with van der Waals surface area (Å²) in [5.74, 6) is 1.19. The van der Waals surface area contributed by atoms with Crippen LogP contribution in [0.2, 0.25) is 0 Å². The van der Waals surface area contributed by atoms with Crippen molar-refractivity contribution in [3.8, 4) is 0 Å². The molecule has 0 fully saturated rings. The number of allylic oxidation sites excluding steroid dienone is 1. The summed E-state index contributed by atoms with van der Waals surface area (Å²) in [7, 11) is 0. The van der Waals surface area contributed by atoms with Crippen LogP contribution in [0.5, 0.6) is 0 Å². The zero-order chi connectivity index (χ0) is 12.7. The van der Waals surface area contributed by atoms with E-state index >= 15 is 0 Å². The van der Waals surface area contributed by atoms with Crippen LogP contribution in [0.3, 0.4) is 0 Å². The van der Waals surface area contributed by atoms with Crippen LogP contribution >= 0.6 is 0 Å². The van der Waals surface area contributed by atoms with Crippen molar-refractivity contribution in [2.45, 2.75) is 27.2 Å². The van der Waals surface area contributed by atoms with Gasteiger partial charge in [0.2, 0.25) is 0 Å². The van der Waals surface area contributed by atoms with Gasteiger partial charge in [0.25, 0.3) is 0 Å². The van der Waals surface area contributed by atoms with Crippen LogP contribution in [-0.4, -0.2) is 27.5 Å². The number of fused-ring (bicyclic) bond motifs is 3. The molecule has 4 nitrogen and oxygen atoms in total. The van der Waals surface area contributed by atoms with Crippen molar-refractivity contribution in [3.63, 3.8) is 0 Å². The molecule has 18 heavy (non-hydrogen) atoms. The molecule has 1 aliphatic heterocycles. The molecule has 0 aromatic carbocycles. The van der Waals surface area contributed by atoms with Crippen LogP contribution in [0.1, 0.15) is 32.9 Å². The summed E-state index contributed by atoms with van der Waals surface area (Å²) < 4.78 is 2.15. The Bertz CT molecular complexity index is 624. The second-order valence-corrected chi connectivity index (χ2v) is 4.95. The summed E-state index contributed by atoms with van der Waals surface area (Å²) in [4.78, 5) is 11.3. The number of imidazole rings is 1. The molecule has 3 heterocycles. The average Bonchev–Trinajstić information content (AvgIpc) is 2.83. The zero-order valence-electron chi connectivity index (χ0n) is 11.1. The largest absolute Gasteiger partial charge is 0.352 e. The van der Waals surface area contributed by atoms with Crippen molar-refractivity contribution in [1.82, 2.24) is 14.4 Å². The van der Waals surface area contributed by atoms with Gasteiger partial charge >= 0.3 is 0 Å². The molecule has 0 saturated heterocycles. The second-order valence-electron chi connectivity index (χ2n) is 4.95. The number of hydrogen-bond acceptors (Lipinski definition) is 3. The normalized spacial score (nSPS) is 15.4. The first-order chi connectivity index (χ1) is 8.72. The molecule has 0 radical (unpaired) electrons. The van der Waals surface area contributed by atoms with Gasteiger partial charge in [0, 0.05) is 13.1 Å². The van der Waals surface area contributed by atoms with Gasteiger partial charge in [-0.05, 0) is 31.4 Å². The van der Waals surface area contributed by atoms with Gasteiger partial charge < -0.3 is 4.90 Å². The topological polar surface area (TPSA) is 33.4 Å². The molecule has 0 saturated carbocycles. The lowest BCUT2D eigenvalue weighted by molar-refractivity contribution is 0.765. The highest BCUT2D eigenvalue weighted by atomic mass is 15.2. The van der Waals surface area contributed by atoms with E-state index in [-0.39, 0.29) is 0 Å². The minimum atomic E-state index is 0.992. The van der Waals surface area contributed by atoms with Crippen LogP contribution in [0.15, 0.2) is 24.3 Å². The summed E-state index contributed by atoms with van der Waals surface area (Å²) in [6.45, 7) is 8.61. The second kappa shape index (κ2) is 4.12. The van der Waals surface area contributed by atoms with E-state index in [0.717, 1.165) is 30.7 Å². The molecule has 0 unspecified atom stereocenters. The predicted octanol–water partition coefficient (Wildman–Crippen LogP) is 2.75. The maximum Gasteiger partial charge on any atom is 0.141 e. The summed E-state index contributed by atoms with van der Waals surface area (Å²) in [5.41, 5.74) is 4.86. The third-order valence-corrected chi connectivity index (χ3v) is 3.65. The lowest BCUT2D eigenvalue weighted by Crippen LogP contribution is -2.32. The molecule has 4 heteroatoms. The maximum absolute atomic E-state index is 4.62. The molecule has 2 aromatic rings. The predicted molar refractivity (Wildman–Crippen MR) is 73.8 cm³/mol. The van der Waals surface area contributed by atoms with Gasteiger partial charge in [-0.25, -0.2) is 4.98 Å². The molecular formula is C14H18N4. The molecule has 0 amide bonds. The van der Waals surface area contributed by atoms with Gasteiger partial charge in [-0.3, -0.25) is 9.38 Å². The minimum absolute atomic E-state index is 0.992. The van der Waals surface area contributed by atoms with Gasteiger partial charge in [0.15, 0.2) is 0 Å². The lowest BCUT2D eigenvalue weighted by atomic mass is 10.0. The van der Waals surface area contributed by atoms with Crippen LogP contribution < -0.4 is 4.90 Å². The Morgan fingerprint density at radius 1 is 1.28 bits per heavy atom. The molecule has 0 bridgehead atoms. The van der Waals surface area contributed by atoms with Crippen LogP contribution in [0, 0.1) is 0 Å². The fraction of sp³-hybridized carbons (Fsp3) is 0.429. The monoisotopic (exact) mass is 242 g/mol. The molecule has 0 spiro atoms. The Hall–Kier alpha value is -1.84. The summed E-state index contributed by atoms with van der Waals surface area (Å²) >= 11 is 0. The average molecular weight is 242 g/mol. The van der Waals surface area contributed by atoms with Crippen molar-refractivity contribution in [2.24, 2.45) is 0 Å². The summed E-state index contributed by atoms with van der Waals surface area (Å²) in [6.07, 6.45) is 6.78. The number of nitrogens with zero attached hydrogens (tertiary/aromatic N) is 4. The lowest BCUT2D eigenvalue weighted by Gasteiger charge is -2.32. The van der Waals surface area contributed by atoms with E-state index in [4.69, 9.17) is 0 Å². The van der Waals surface area contributed by atoms with Gasteiger partial charge in [-0.2, -0.15) is 0 Å². The van der Waals surface area contributed by atoms with Crippen molar-refractivity contribution >= 4 is 16.9 Å². The number of anilines is 1. The Balaban J connectivity index is 2.28. The van der Waals surface area contributed by atoms with E-state index in [1.807, 2.05) is 18.7 Å². The molecule has 0 atom stereocenters. The van der Waals surface area contributed by atoms with E-state index in [9.17, 15) is 0 Å². The van der Waals surface area contributed by atoms with E-state index in [2.05, 4.69) is 40.0 Å². The van der Waals surface area contributed by atoms with E-state index < -0.39 is 0 Å². The Morgan fingerprint density at radius 2 is 2.11 bits per heavy atom. The zero-order valence-corrected chi connectivity index (χ0v) is 11.1. The van der Waals surface area contributed by atoms with Gasteiger partial charge in [-0.15, -0.1) is 0 Å². The van der Waals surface area contributed by atoms with Crippen LogP contribution in [0.25, 0.3) is 11.1 Å². The van der Waals surface area contributed by atoms with Gasteiger partial charge in [0.1, 0.15) is 17.8 Å². The van der Waals surface area contributed by atoms with Crippen molar-refractivity contribution < 1.29 is 0 Å². The summed E-state index contributed by atoms with van der Waals surface area (Å²) in [5, 5.41) is 0. The molecule has 3 rings (SSSR count). The third-order valence-electron chi connectivity index (χ3n) is 3.65. The molecule has 2 aromatic heterocycles. The van der Waals surface area contributed by atoms with E-state index in [1.54, 1.807) is 0 Å². The quantitative estimate of drug-likeness (QED) is 0.812.